The fourth-order valence-corrected chi connectivity index (χ4v) is 4.34. The van der Waals surface area contributed by atoms with Crippen LogP contribution in [0, 0.1) is 0 Å². The monoisotopic (exact) mass is 388 g/mol. The van der Waals surface area contributed by atoms with Gasteiger partial charge in [0.05, 0.1) is 18.8 Å². The Balaban J connectivity index is 1.69. The lowest BCUT2D eigenvalue weighted by atomic mass is 10.1. The molecule has 0 saturated carbocycles. The predicted octanol–water partition coefficient (Wildman–Crippen LogP) is 0.393. The number of nitrogens with zero attached hydrogens (tertiary/aromatic N) is 4. The molecule has 3 rings (SSSR count). The second-order valence-corrected chi connectivity index (χ2v) is 9.02. The molecule has 0 N–H and O–H groups in total. The summed E-state index contributed by atoms with van der Waals surface area (Å²) in [6.07, 6.45) is 3.79. The number of likely N-dealkylation sites (tertiary alicyclic amines) is 1. The second-order valence-electron chi connectivity index (χ2n) is 7.04. The summed E-state index contributed by atoms with van der Waals surface area (Å²) in [4.78, 5) is 19.6. The summed E-state index contributed by atoms with van der Waals surface area (Å²) in [6.45, 7) is 0.0468. The van der Waals surface area contributed by atoms with Crippen LogP contribution in [-0.4, -0.2) is 84.4 Å². The van der Waals surface area contributed by atoms with Crippen LogP contribution in [-0.2, 0) is 21.4 Å². The Labute approximate surface area is 151 Å². The molecule has 2 fully saturated rings. The number of sulfonamides is 1. The Morgan fingerprint density at radius 3 is 2.69 bits per heavy atom. The molecular weight excluding hydrogens is 366 g/mol. The van der Waals surface area contributed by atoms with Crippen molar-refractivity contribution in [1.29, 1.82) is 0 Å². The first-order chi connectivity index (χ1) is 12.1. The Morgan fingerprint density at radius 1 is 1.42 bits per heavy atom. The molecule has 7 nitrogen and oxygen atoms in total. The molecule has 144 valence electrons. The molecule has 0 aromatic carbocycles. The fourth-order valence-electron chi connectivity index (χ4n) is 3.45. The van der Waals surface area contributed by atoms with Gasteiger partial charge in [0.2, 0.25) is 15.9 Å². The van der Waals surface area contributed by atoms with Gasteiger partial charge < -0.3 is 4.90 Å². The maximum atomic E-state index is 14.0. The highest BCUT2D eigenvalue weighted by Crippen LogP contribution is 2.36. The Morgan fingerprint density at radius 2 is 2.12 bits per heavy atom. The van der Waals surface area contributed by atoms with Crippen molar-refractivity contribution in [2.45, 2.75) is 31.0 Å². The van der Waals surface area contributed by atoms with E-state index in [1.165, 1.54) is 14.1 Å². The molecule has 0 bridgehead atoms. The molecule has 1 amide bonds. The van der Waals surface area contributed by atoms with Crippen molar-refractivity contribution in [3.05, 3.63) is 30.1 Å². The number of rotatable bonds is 5. The number of carbonyl (C=O) groups is 1. The molecule has 2 saturated heterocycles. The quantitative estimate of drug-likeness (QED) is 0.730. The summed E-state index contributed by atoms with van der Waals surface area (Å²) >= 11 is 0. The van der Waals surface area contributed by atoms with Crippen molar-refractivity contribution in [2.24, 2.45) is 0 Å². The van der Waals surface area contributed by atoms with Crippen molar-refractivity contribution in [1.82, 2.24) is 19.1 Å². The molecule has 2 aliphatic heterocycles. The van der Waals surface area contributed by atoms with E-state index in [1.54, 1.807) is 25.5 Å². The fraction of sp³-hybridized carbons (Fsp3) is 0.625. The van der Waals surface area contributed by atoms with Gasteiger partial charge in [-0.15, -0.1) is 0 Å². The Hall–Kier alpha value is -1.65. The molecular formula is C16H22F2N4O3S. The minimum Gasteiger partial charge on any atom is -0.340 e. The third-order valence-electron chi connectivity index (χ3n) is 4.88. The largest absolute Gasteiger partial charge is 0.340 e. The van der Waals surface area contributed by atoms with E-state index < -0.39 is 35.0 Å². The van der Waals surface area contributed by atoms with Crippen LogP contribution in [0.5, 0.6) is 0 Å². The van der Waals surface area contributed by atoms with E-state index in [0.29, 0.717) is 0 Å². The van der Waals surface area contributed by atoms with Crippen LogP contribution in [0.3, 0.4) is 0 Å². The Bertz CT molecular complexity index is 769. The molecule has 0 radical (unpaired) electrons. The zero-order chi connectivity index (χ0) is 19.1. The van der Waals surface area contributed by atoms with Gasteiger partial charge in [-0.25, -0.2) is 17.2 Å². The van der Waals surface area contributed by atoms with E-state index in [9.17, 15) is 22.0 Å². The summed E-state index contributed by atoms with van der Waals surface area (Å²) < 4.78 is 52.2. The van der Waals surface area contributed by atoms with Crippen LogP contribution < -0.4 is 0 Å². The van der Waals surface area contributed by atoms with Crippen molar-refractivity contribution in [3.8, 4) is 0 Å². The molecule has 1 atom stereocenters. The van der Waals surface area contributed by atoms with Gasteiger partial charge in [-0.1, -0.05) is 6.07 Å². The normalized spacial score (nSPS) is 24.4. The lowest BCUT2D eigenvalue weighted by molar-refractivity contribution is -0.136. The van der Waals surface area contributed by atoms with Crippen molar-refractivity contribution in [2.75, 3.05) is 32.9 Å². The molecule has 0 aliphatic carbocycles. The first kappa shape index (κ1) is 19.1. The van der Waals surface area contributed by atoms with Crippen molar-refractivity contribution >= 4 is 15.9 Å². The standard InChI is InChI=1S/C16H22F2N4O3S/c1-20(8-12-4-3-5-19-7-12)15(23)14-6-16(17,18)11-22(14)13-9-21(10-13)26(2,24)25/h3-5,7,13-14H,6,8-11H2,1-2H3/t14-/m0/s1. The topological polar surface area (TPSA) is 73.8 Å². The summed E-state index contributed by atoms with van der Waals surface area (Å²) in [5.41, 5.74) is 0.812. The molecule has 1 aromatic heterocycles. The third kappa shape index (κ3) is 4.02. The zero-order valence-electron chi connectivity index (χ0n) is 14.7. The van der Waals surface area contributed by atoms with E-state index >= 15 is 0 Å². The molecule has 2 aliphatic rings. The average Bonchev–Trinajstić information content (AvgIpc) is 2.80. The van der Waals surface area contributed by atoms with Gasteiger partial charge in [0, 0.05) is 51.5 Å². The van der Waals surface area contributed by atoms with Gasteiger partial charge in [0.25, 0.3) is 5.92 Å². The molecule has 26 heavy (non-hydrogen) atoms. The molecule has 1 aromatic rings. The first-order valence-electron chi connectivity index (χ1n) is 8.29. The maximum Gasteiger partial charge on any atom is 0.262 e. The number of amides is 1. The average molecular weight is 388 g/mol. The van der Waals surface area contributed by atoms with Crippen molar-refractivity contribution in [3.63, 3.8) is 0 Å². The van der Waals surface area contributed by atoms with Gasteiger partial charge in [0.1, 0.15) is 0 Å². The summed E-state index contributed by atoms with van der Waals surface area (Å²) in [5, 5.41) is 0. The van der Waals surface area contributed by atoms with Gasteiger partial charge in [-0.3, -0.25) is 14.7 Å². The minimum atomic E-state index is -3.34. The molecule has 10 heteroatoms. The van der Waals surface area contributed by atoms with E-state index in [2.05, 4.69) is 4.98 Å². The zero-order valence-corrected chi connectivity index (χ0v) is 15.5. The van der Waals surface area contributed by atoms with Crippen LogP contribution in [0.25, 0.3) is 0 Å². The third-order valence-corrected chi connectivity index (χ3v) is 6.11. The van der Waals surface area contributed by atoms with E-state index in [1.807, 2.05) is 6.07 Å². The van der Waals surface area contributed by atoms with Crippen LogP contribution in [0.15, 0.2) is 24.5 Å². The number of hydrogen-bond acceptors (Lipinski definition) is 5. The highest BCUT2D eigenvalue weighted by molar-refractivity contribution is 7.88. The number of halogens is 2. The minimum absolute atomic E-state index is 0.144. The Kier molecular flexibility index (Phi) is 5.02. The van der Waals surface area contributed by atoms with Gasteiger partial charge in [0.15, 0.2) is 0 Å². The molecule has 3 heterocycles. The number of hydrogen-bond donors (Lipinski definition) is 0. The number of aromatic nitrogens is 1. The lowest BCUT2D eigenvalue weighted by Gasteiger charge is -2.44. The summed E-state index contributed by atoms with van der Waals surface area (Å²) in [5.74, 6) is -3.34. The van der Waals surface area contributed by atoms with E-state index in [-0.39, 0.29) is 31.6 Å². The number of alkyl halides is 2. The van der Waals surface area contributed by atoms with Crippen LogP contribution in [0.2, 0.25) is 0 Å². The number of pyridine rings is 1. The van der Waals surface area contributed by atoms with E-state index in [4.69, 9.17) is 0 Å². The maximum absolute atomic E-state index is 14.0. The first-order valence-corrected chi connectivity index (χ1v) is 10.1. The smallest absolute Gasteiger partial charge is 0.262 e. The highest BCUT2D eigenvalue weighted by atomic mass is 32.2. The highest BCUT2D eigenvalue weighted by Gasteiger charge is 2.53. The predicted molar refractivity (Wildman–Crippen MR) is 91.0 cm³/mol. The number of carbonyl (C=O) groups excluding carboxylic acids is 1. The van der Waals surface area contributed by atoms with Crippen LogP contribution >= 0.6 is 0 Å². The lowest BCUT2D eigenvalue weighted by Crippen LogP contribution is -2.63. The molecule has 0 unspecified atom stereocenters. The van der Waals surface area contributed by atoms with Crippen molar-refractivity contribution < 1.29 is 22.0 Å². The number of likely N-dealkylation sites (N-methyl/N-ethyl adjacent to an activating group) is 1. The van der Waals surface area contributed by atoms with Crippen LogP contribution in [0.4, 0.5) is 8.78 Å². The SMILES string of the molecule is CN(Cc1cccnc1)C(=O)[C@@H]1CC(F)(F)CN1C1CN(S(C)(=O)=O)C1. The van der Waals surface area contributed by atoms with Crippen LogP contribution in [0.1, 0.15) is 12.0 Å². The summed E-state index contributed by atoms with van der Waals surface area (Å²) in [7, 11) is -1.76. The second kappa shape index (κ2) is 6.82. The van der Waals surface area contributed by atoms with E-state index in [0.717, 1.165) is 11.8 Å². The van der Waals surface area contributed by atoms with Gasteiger partial charge in [-0.05, 0) is 11.6 Å². The van der Waals surface area contributed by atoms with Gasteiger partial charge >= 0.3 is 0 Å². The van der Waals surface area contributed by atoms with Gasteiger partial charge in [-0.2, -0.15) is 4.31 Å². The summed E-state index contributed by atoms with van der Waals surface area (Å²) in [6, 6.07) is 2.25. The molecule has 0 spiro atoms.